The second kappa shape index (κ2) is 9.27. The van der Waals surface area contributed by atoms with Crippen LogP contribution < -0.4 is 9.47 Å². The van der Waals surface area contributed by atoms with E-state index in [0.717, 1.165) is 11.8 Å². The molecule has 1 saturated heterocycles. The summed E-state index contributed by atoms with van der Waals surface area (Å²) in [6.07, 6.45) is 2.29. The molecule has 146 valence electrons. The van der Waals surface area contributed by atoms with Crippen LogP contribution in [0.15, 0.2) is 21.5 Å². The molecule has 0 radical (unpaired) electrons. The van der Waals surface area contributed by atoms with E-state index in [2.05, 4.69) is 15.9 Å². The van der Waals surface area contributed by atoms with Gasteiger partial charge in [0.15, 0.2) is 18.1 Å². The Labute approximate surface area is 169 Å². The van der Waals surface area contributed by atoms with Crippen molar-refractivity contribution in [3.05, 3.63) is 27.1 Å². The summed E-state index contributed by atoms with van der Waals surface area (Å²) >= 11 is 4.24. The summed E-state index contributed by atoms with van der Waals surface area (Å²) in [4.78, 5) is 37.0. The Morgan fingerprint density at radius 1 is 1.33 bits per heavy atom. The predicted octanol–water partition coefficient (Wildman–Crippen LogP) is 4.15. The van der Waals surface area contributed by atoms with Gasteiger partial charge in [-0.1, -0.05) is 6.92 Å². The van der Waals surface area contributed by atoms with Gasteiger partial charge in [0.2, 0.25) is 0 Å². The molecular formula is C18H20BrNO6S. The highest BCUT2D eigenvalue weighted by molar-refractivity contribution is 9.10. The molecule has 1 aliphatic rings. The fourth-order valence-corrected chi connectivity index (χ4v) is 3.91. The van der Waals surface area contributed by atoms with Crippen molar-refractivity contribution in [3.8, 4) is 11.5 Å². The minimum Gasteiger partial charge on any atom is -0.490 e. The van der Waals surface area contributed by atoms with E-state index in [1.807, 2.05) is 13.8 Å². The molecule has 2 amide bonds. The highest BCUT2D eigenvalue weighted by Crippen LogP contribution is 2.39. The van der Waals surface area contributed by atoms with Gasteiger partial charge in [0.25, 0.3) is 11.1 Å². The van der Waals surface area contributed by atoms with Crippen molar-refractivity contribution in [2.24, 2.45) is 0 Å². The highest BCUT2D eigenvalue weighted by Gasteiger charge is 2.37. The number of carboxylic acids is 1. The van der Waals surface area contributed by atoms with Crippen LogP contribution in [0.1, 0.15) is 32.8 Å². The van der Waals surface area contributed by atoms with E-state index < -0.39 is 12.6 Å². The molecule has 0 saturated carbocycles. The summed E-state index contributed by atoms with van der Waals surface area (Å²) in [7, 11) is 0. The first-order chi connectivity index (χ1) is 12.8. The van der Waals surface area contributed by atoms with Crippen LogP contribution in [0, 0.1) is 0 Å². The SMILES string of the molecule is CCOc1cc(/C=C2/SC(=O)N([C@@H](C)CC)C2=O)cc(Br)c1OCC(=O)O. The quantitative estimate of drug-likeness (QED) is 0.585. The van der Waals surface area contributed by atoms with Crippen molar-refractivity contribution in [3.63, 3.8) is 0 Å². The molecule has 0 aromatic heterocycles. The number of thioether (sulfide) groups is 1. The maximum atomic E-state index is 12.5. The summed E-state index contributed by atoms with van der Waals surface area (Å²) in [5.41, 5.74) is 0.627. The Bertz CT molecular complexity index is 794. The van der Waals surface area contributed by atoms with E-state index in [0.29, 0.717) is 33.7 Å². The number of carboxylic acid groups (broad SMARTS) is 1. The first-order valence-electron chi connectivity index (χ1n) is 8.36. The highest BCUT2D eigenvalue weighted by atomic mass is 79.9. The molecule has 1 aromatic rings. The lowest BCUT2D eigenvalue weighted by Gasteiger charge is -2.19. The zero-order valence-electron chi connectivity index (χ0n) is 15.2. The largest absolute Gasteiger partial charge is 0.490 e. The van der Waals surface area contributed by atoms with Gasteiger partial charge in [-0.15, -0.1) is 0 Å². The van der Waals surface area contributed by atoms with Gasteiger partial charge < -0.3 is 14.6 Å². The van der Waals surface area contributed by atoms with Gasteiger partial charge in [-0.05, 0) is 71.7 Å². The number of hydrogen-bond acceptors (Lipinski definition) is 6. The Morgan fingerprint density at radius 2 is 2.04 bits per heavy atom. The standard InChI is InChI=1S/C18H20BrNO6S/c1-4-10(3)20-17(23)14(27-18(20)24)8-11-6-12(19)16(26-9-15(21)22)13(7-11)25-5-2/h6-8,10H,4-5,9H2,1-3H3,(H,21,22)/b14-8+/t10-/m0/s1. The van der Waals surface area contributed by atoms with Crippen LogP contribution >= 0.6 is 27.7 Å². The fraction of sp³-hybridized carbons (Fsp3) is 0.389. The molecule has 9 heteroatoms. The predicted molar refractivity (Wildman–Crippen MR) is 106 cm³/mol. The molecule has 0 aliphatic carbocycles. The number of carbonyl (C=O) groups excluding carboxylic acids is 2. The van der Waals surface area contributed by atoms with Crippen LogP contribution in [-0.2, 0) is 9.59 Å². The number of carbonyl (C=O) groups is 3. The third-order valence-corrected chi connectivity index (χ3v) is 5.30. The minimum absolute atomic E-state index is 0.166. The Morgan fingerprint density at radius 3 is 2.63 bits per heavy atom. The van der Waals surface area contributed by atoms with Gasteiger partial charge in [0.05, 0.1) is 16.0 Å². The zero-order valence-corrected chi connectivity index (χ0v) is 17.6. The molecule has 1 aromatic carbocycles. The third kappa shape index (κ3) is 5.04. The fourth-order valence-electron chi connectivity index (χ4n) is 2.40. The molecule has 1 atom stereocenters. The average Bonchev–Trinajstić information content (AvgIpc) is 2.87. The van der Waals surface area contributed by atoms with E-state index in [1.54, 1.807) is 25.1 Å². The lowest BCUT2D eigenvalue weighted by atomic mass is 10.1. The van der Waals surface area contributed by atoms with Gasteiger partial charge in [-0.2, -0.15) is 0 Å². The Balaban J connectivity index is 2.36. The first kappa shape index (κ1) is 21.3. The van der Waals surface area contributed by atoms with Crippen LogP contribution in [0.2, 0.25) is 0 Å². The Hall–Kier alpha value is -2.00. The monoisotopic (exact) mass is 457 g/mol. The van der Waals surface area contributed by atoms with E-state index in [1.165, 1.54) is 4.90 Å². The topological polar surface area (TPSA) is 93.1 Å². The van der Waals surface area contributed by atoms with Crippen LogP contribution in [0.5, 0.6) is 11.5 Å². The van der Waals surface area contributed by atoms with Gasteiger partial charge in [0.1, 0.15) is 0 Å². The number of amides is 2. The molecule has 2 rings (SSSR count). The summed E-state index contributed by atoms with van der Waals surface area (Å²) in [5, 5.41) is 8.52. The van der Waals surface area contributed by atoms with Crippen molar-refractivity contribution in [2.75, 3.05) is 13.2 Å². The summed E-state index contributed by atoms with van der Waals surface area (Å²) in [6, 6.07) is 3.15. The Kier molecular flexibility index (Phi) is 7.32. The van der Waals surface area contributed by atoms with Gasteiger partial charge in [-0.3, -0.25) is 14.5 Å². The van der Waals surface area contributed by atoms with Gasteiger partial charge >= 0.3 is 5.97 Å². The molecule has 1 heterocycles. The molecule has 7 nitrogen and oxygen atoms in total. The van der Waals surface area contributed by atoms with E-state index in [-0.39, 0.29) is 22.9 Å². The maximum absolute atomic E-state index is 12.5. The summed E-state index contributed by atoms with van der Waals surface area (Å²) < 4.78 is 11.3. The third-order valence-electron chi connectivity index (χ3n) is 3.82. The van der Waals surface area contributed by atoms with Crippen LogP contribution in [0.3, 0.4) is 0 Å². The molecule has 0 bridgehead atoms. The molecular weight excluding hydrogens is 438 g/mol. The van der Waals surface area contributed by atoms with Crippen molar-refractivity contribution in [1.82, 2.24) is 4.90 Å². The number of benzene rings is 1. The first-order valence-corrected chi connectivity index (χ1v) is 9.97. The van der Waals surface area contributed by atoms with E-state index in [9.17, 15) is 14.4 Å². The van der Waals surface area contributed by atoms with Crippen molar-refractivity contribution < 1.29 is 29.0 Å². The molecule has 1 N–H and O–H groups in total. The summed E-state index contributed by atoms with van der Waals surface area (Å²) in [5.74, 6) is -0.809. The molecule has 27 heavy (non-hydrogen) atoms. The number of ether oxygens (including phenoxy) is 2. The van der Waals surface area contributed by atoms with Gasteiger partial charge in [-0.25, -0.2) is 4.79 Å². The van der Waals surface area contributed by atoms with Gasteiger partial charge in [0, 0.05) is 6.04 Å². The summed E-state index contributed by atoms with van der Waals surface area (Å²) in [6.45, 7) is 5.38. The van der Waals surface area contributed by atoms with Crippen LogP contribution in [0.4, 0.5) is 4.79 Å². The molecule has 1 aliphatic heterocycles. The van der Waals surface area contributed by atoms with E-state index >= 15 is 0 Å². The second-order valence-corrected chi connectivity index (χ2v) is 7.60. The van der Waals surface area contributed by atoms with Crippen molar-refractivity contribution in [2.45, 2.75) is 33.2 Å². The number of nitrogens with zero attached hydrogens (tertiary/aromatic N) is 1. The van der Waals surface area contributed by atoms with Crippen molar-refractivity contribution >= 4 is 50.9 Å². The zero-order chi connectivity index (χ0) is 20.1. The number of hydrogen-bond donors (Lipinski definition) is 1. The number of halogens is 1. The van der Waals surface area contributed by atoms with Crippen LogP contribution in [0.25, 0.3) is 6.08 Å². The van der Waals surface area contributed by atoms with Crippen LogP contribution in [-0.4, -0.2) is 46.4 Å². The minimum atomic E-state index is -1.10. The second-order valence-electron chi connectivity index (χ2n) is 5.75. The number of rotatable bonds is 8. The normalized spacial score (nSPS) is 16.7. The smallest absolute Gasteiger partial charge is 0.341 e. The number of imide groups is 1. The molecule has 1 fully saturated rings. The number of aliphatic carboxylic acids is 1. The van der Waals surface area contributed by atoms with Crippen molar-refractivity contribution in [1.29, 1.82) is 0 Å². The van der Waals surface area contributed by atoms with E-state index in [4.69, 9.17) is 14.6 Å². The lowest BCUT2D eigenvalue weighted by Crippen LogP contribution is -2.36. The lowest BCUT2D eigenvalue weighted by molar-refractivity contribution is -0.139. The molecule has 0 unspecified atom stereocenters. The maximum Gasteiger partial charge on any atom is 0.341 e. The molecule has 0 spiro atoms. The average molecular weight is 458 g/mol.